The van der Waals surface area contributed by atoms with Gasteiger partial charge in [-0.2, -0.15) is 0 Å². The molecule has 2 atom stereocenters. The Morgan fingerprint density at radius 1 is 1.75 bits per heavy atom. The lowest BCUT2D eigenvalue weighted by Gasteiger charge is -2.19. The van der Waals surface area contributed by atoms with Gasteiger partial charge in [-0.05, 0) is 25.8 Å². The molecule has 1 saturated heterocycles. The third kappa shape index (κ3) is 1.69. The predicted molar refractivity (Wildman–Crippen MR) is 45.7 cm³/mol. The molecule has 12 heavy (non-hydrogen) atoms. The number of hydrogen-bond donors (Lipinski definition) is 1. The van der Waals surface area contributed by atoms with E-state index in [1.807, 2.05) is 6.92 Å². The van der Waals surface area contributed by atoms with Crippen molar-refractivity contribution in [3.63, 3.8) is 0 Å². The Morgan fingerprint density at radius 3 is 2.83 bits per heavy atom. The molecule has 1 aliphatic rings. The first-order valence-corrected chi connectivity index (χ1v) is 4.23. The highest BCUT2D eigenvalue weighted by molar-refractivity contribution is 5.68. The fraction of sp³-hybridized carbons (Fsp3) is 0.875. The van der Waals surface area contributed by atoms with E-state index in [9.17, 15) is 4.79 Å². The Kier molecular flexibility index (Phi) is 2.92. The molecule has 2 unspecified atom stereocenters. The zero-order valence-corrected chi connectivity index (χ0v) is 7.62. The Hall–Kier alpha value is -0.770. The number of nitrogens with zero attached hydrogens (tertiary/aromatic N) is 1. The standard InChI is InChI=1S/C8H16N2O2/c1-6-3-7(4-9)5-10(6)8(11)12-2/h6-7H,3-5,9H2,1-2H3. The van der Waals surface area contributed by atoms with E-state index in [4.69, 9.17) is 5.73 Å². The van der Waals surface area contributed by atoms with Gasteiger partial charge in [0.25, 0.3) is 0 Å². The van der Waals surface area contributed by atoms with Crippen LogP contribution in [0, 0.1) is 5.92 Å². The molecular weight excluding hydrogens is 156 g/mol. The predicted octanol–water partition coefficient (Wildman–Crippen LogP) is 0.422. The SMILES string of the molecule is COC(=O)N1CC(CN)CC1C. The highest BCUT2D eigenvalue weighted by Crippen LogP contribution is 2.22. The van der Waals surface area contributed by atoms with Crippen molar-refractivity contribution in [2.75, 3.05) is 20.2 Å². The molecule has 0 saturated carbocycles. The smallest absolute Gasteiger partial charge is 0.409 e. The van der Waals surface area contributed by atoms with E-state index in [0.29, 0.717) is 12.5 Å². The van der Waals surface area contributed by atoms with Crippen LogP contribution in [0.3, 0.4) is 0 Å². The minimum Gasteiger partial charge on any atom is -0.453 e. The number of nitrogens with two attached hydrogens (primary N) is 1. The van der Waals surface area contributed by atoms with Gasteiger partial charge in [-0.15, -0.1) is 0 Å². The molecule has 4 heteroatoms. The van der Waals surface area contributed by atoms with Gasteiger partial charge >= 0.3 is 6.09 Å². The lowest BCUT2D eigenvalue weighted by atomic mass is 10.1. The number of carbonyl (C=O) groups excluding carboxylic acids is 1. The third-order valence-electron chi connectivity index (χ3n) is 2.40. The van der Waals surface area contributed by atoms with E-state index >= 15 is 0 Å². The Balaban J connectivity index is 2.51. The first-order valence-electron chi connectivity index (χ1n) is 4.23. The van der Waals surface area contributed by atoms with Crippen molar-refractivity contribution in [3.8, 4) is 0 Å². The van der Waals surface area contributed by atoms with Crippen LogP contribution in [0.5, 0.6) is 0 Å². The number of hydrogen-bond acceptors (Lipinski definition) is 3. The summed E-state index contributed by atoms with van der Waals surface area (Å²) in [5.74, 6) is 0.444. The number of ether oxygens (including phenoxy) is 1. The molecule has 0 radical (unpaired) electrons. The Morgan fingerprint density at radius 2 is 2.42 bits per heavy atom. The van der Waals surface area contributed by atoms with Crippen molar-refractivity contribution in [1.82, 2.24) is 4.90 Å². The number of carbonyl (C=O) groups is 1. The van der Waals surface area contributed by atoms with Crippen molar-refractivity contribution in [3.05, 3.63) is 0 Å². The van der Waals surface area contributed by atoms with Gasteiger partial charge in [0.1, 0.15) is 0 Å². The van der Waals surface area contributed by atoms with Crippen LogP contribution >= 0.6 is 0 Å². The monoisotopic (exact) mass is 172 g/mol. The number of likely N-dealkylation sites (tertiary alicyclic amines) is 1. The van der Waals surface area contributed by atoms with Crippen LogP contribution in [0.15, 0.2) is 0 Å². The molecule has 1 fully saturated rings. The molecule has 0 aromatic rings. The Bertz CT molecular complexity index is 172. The topological polar surface area (TPSA) is 55.6 Å². The van der Waals surface area contributed by atoms with Gasteiger partial charge < -0.3 is 15.4 Å². The van der Waals surface area contributed by atoms with E-state index in [1.54, 1.807) is 4.90 Å². The summed E-state index contributed by atoms with van der Waals surface area (Å²) in [5.41, 5.74) is 5.52. The van der Waals surface area contributed by atoms with Crippen molar-refractivity contribution >= 4 is 6.09 Å². The fourth-order valence-corrected chi connectivity index (χ4v) is 1.68. The molecular formula is C8H16N2O2. The minimum atomic E-state index is -0.238. The molecule has 4 nitrogen and oxygen atoms in total. The zero-order chi connectivity index (χ0) is 9.14. The van der Waals surface area contributed by atoms with Crippen LogP contribution in [-0.4, -0.2) is 37.2 Å². The van der Waals surface area contributed by atoms with E-state index < -0.39 is 0 Å². The molecule has 1 heterocycles. The molecule has 0 bridgehead atoms. The van der Waals surface area contributed by atoms with Crippen molar-refractivity contribution in [2.24, 2.45) is 11.7 Å². The highest BCUT2D eigenvalue weighted by Gasteiger charge is 2.31. The number of rotatable bonds is 1. The fourth-order valence-electron chi connectivity index (χ4n) is 1.68. The van der Waals surface area contributed by atoms with Gasteiger partial charge in [0.15, 0.2) is 0 Å². The first kappa shape index (κ1) is 9.32. The summed E-state index contributed by atoms with van der Waals surface area (Å²) in [4.78, 5) is 12.9. The second-order valence-electron chi connectivity index (χ2n) is 3.31. The molecule has 0 spiro atoms. The summed E-state index contributed by atoms with van der Waals surface area (Å²) in [7, 11) is 1.41. The van der Waals surface area contributed by atoms with Gasteiger partial charge in [0.05, 0.1) is 7.11 Å². The normalized spacial score (nSPS) is 29.1. The van der Waals surface area contributed by atoms with E-state index in [2.05, 4.69) is 4.74 Å². The van der Waals surface area contributed by atoms with Crippen LogP contribution in [-0.2, 0) is 4.74 Å². The van der Waals surface area contributed by atoms with Crippen LogP contribution in [0.25, 0.3) is 0 Å². The third-order valence-corrected chi connectivity index (χ3v) is 2.40. The zero-order valence-electron chi connectivity index (χ0n) is 7.62. The van der Waals surface area contributed by atoms with E-state index in [0.717, 1.165) is 13.0 Å². The Labute approximate surface area is 72.7 Å². The van der Waals surface area contributed by atoms with Crippen LogP contribution in [0.2, 0.25) is 0 Å². The van der Waals surface area contributed by atoms with E-state index in [-0.39, 0.29) is 12.1 Å². The maximum absolute atomic E-state index is 11.1. The van der Waals surface area contributed by atoms with Crippen molar-refractivity contribution in [2.45, 2.75) is 19.4 Å². The summed E-state index contributed by atoms with van der Waals surface area (Å²) in [6.45, 7) is 3.41. The van der Waals surface area contributed by atoms with E-state index in [1.165, 1.54) is 7.11 Å². The summed E-state index contributed by atoms with van der Waals surface area (Å²) in [6.07, 6.45) is 0.754. The molecule has 0 aromatic heterocycles. The molecule has 0 aliphatic carbocycles. The molecule has 1 amide bonds. The minimum absolute atomic E-state index is 0.238. The summed E-state index contributed by atoms with van der Waals surface area (Å²) < 4.78 is 4.64. The van der Waals surface area contributed by atoms with Crippen LogP contribution in [0.4, 0.5) is 4.79 Å². The van der Waals surface area contributed by atoms with Crippen molar-refractivity contribution < 1.29 is 9.53 Å². The van der Waals surface area contributed by atoms with Gasteiger partial charge in [-0.1, -0.05) is 0 Å². The van der Waals surface area contributed by atoms with Crippen LogP contribution < -0.4 is 5.73 Å². The maximum atomic E-state index is 11.1. The average Bonchev–Trinajstić information content (AvgIpc) is 2.45. The lowest BCUT2D eigenvalue weighted by molar-refractivity contribution is 0.121. The number of methoxy groups -OCH3 is 1. The molecule has 0 aromatic carbocycles. The first-order chi connectivity index (χ1) is 5.69. The highest BCUT2D eigenvalue weighted by atomic mass is 16.5. The molecule has 2 N–H and O–H groups in total. The summed E-state index contributed by atoms with van der Waals surface area (Å²) in [6, 6.07) is 0.269. The number of amides is 1. The molecule has 70 valence electrons. The quantitative estimate of drug-likeness (QED) is 0.623. The van der Waals surface area contributed by atoms with Gasteiger partial charge in [-0.3, -0.25) is 0 Å². The second-order valence-corrected chi connectivity index (χ2v) is 3.31. The van der Waals surface area contributed by atoms with Crippen molar-refractivity contribution in [1.29, 1.82) is 0 Å². The van der Waals surface area contributed by atoms with Gasteiger partial charge in [0, 0.05) is 12.6 Å². The maximum Gasteiger partial charge on any atom is 0.409 e. The molecule has 1 rings (SSSR count). The second kappa shape index (κ2) is 3.76. The average molecular weight is 172 g/mol. The van der Waals surface area contributed by atoms with Crippen LogP contribution in [0.1, 0.15) is 13.3 Å². The summed E-state index contributed by atoms with van der Waals surface area (Å²) in [5, 5.41) is 0. The van der Waals surface area contributed by atoms with Gasteiger partial charge in [-0.25, -0.2) is 4.79 Å². The molecule has 1 aliphatic heterocycles. The van der Waals surface area contributed by atoms with Gasteiger partial charge in [0.2, 0.25) is 0 Å². The summed E-state index contributed by atoms with van der Waals surface area (Å²) >= 11 is 0. The largest absolute Gasteiger partial charge is 0.453 e. The lowest BCUT2D eigenvalue weighted by Crippen LogP contribution is -2.34.